The van der Waals surface area contributed by atoms with Gasteiger partial charge in [0, 0.05) is 76.0 Å². The largest absolute Gasteiger partial charge is 0.473 e. The number of hydrogen-bond acceptors (Lipinski definition) is 13. The number of nitrogens with one attached hydrogen (secondary N) is 3. The second kappa shape index (κ2) is 20.1. The first-order chi connectivity index (χ1) is 33.5. The SMILES string of the molecule is COCCOc1nc2[nH]cc(F)c2cc1Oc1cc(N2CCC3(CC2)CN([C@@H]2CCC[C@@H]2c2ccccc2C(C)C)C3)ccc1C(=O)NS(=O)(=O)c1ccc(NC[C@H]2CC[C@](C)(O)CC2)c([N+](=O)[O-])c1. The van der Waals surface area contributed by atoms with Gasteiger partial charge in [-0.2, -0.15) is 4.98 Å². The summed E-state index contributed by atoms with van der Waals surface area (Å²) in [6, 6.07) is 19.2. The molecule has 2 atom stereocenters. The minimum absolute atomic E-state index is 0.0150. The highest BCUT2D eigenvalue weighted by Crippen LogP contribution is 2.49. The number of piperidine rings is 1. The number of aliphatic hydroxyl groups is 1. The maximum Gasteiger partial charge on any atom is 0.293 e. The number of hydrogen-bond donors (Lipinski definition) is 4. The number of aromatic amines is 1. The third-order valence-electron chi connectivity index (χ3n) is 15.2. The van der Waals surface area contributed by atoms with Gasteiger partial charge < -0.3 is 34.5 Å². The van der Waals surface area contributed by atoms with Crippen molar-refractivity contribution < 1.29 is 41.8 Å². The quantitative estimate of drug-likeness (QED) is 0.0391. The number of sulfonamides is 1. The topological polar surface area (TPSA) is 201 Å². The van der Waals surface area contributed by atoms with Crippen molar-refractivity contribution in [2.45, 2.75) is 107 Å². The molecule has 16 nitrogen and oxygen atoms in total. The molecule has 4 fully saturated rings. The molecule has 70 heavy (non-hydrogen) atoms. The lowest BCUT2D eigenvalue weighted by molar-refractivity contribution is -0.384. The number of pyridine rings is 1. The van der Waals surface area contributed by atoms with Crippen LogP contribution in [0.15, 0.2) is 77.8 Å². The molecule has 1 amide bonds. The number of fused-ring (bicyclic) bond motifs is 1. The van der Waals surface area contributed by atoms with Gasteiger partial charge in [0.25, 0.3) is 27.5 Å². The van der Waals surface area contributed by atoms with Gasteiger partial charge in [-0.25, -0.2) is 17.5 Å². The lowest BCUT2D eigenvalue weighted by atomic mass is 9.70. The van der Waals surface area contributed by atoms with Gasteiger partial charge in [-0.1, -0.05) is 44.5 Å². The van der Waals surface area contributed by atoms with Crippen molar-refractivity contribution in [1.82, 2.24) is 19.6 Å². The molecule has 0 bridgehead atoms. The van der Waals surface area contributed by atoms with E-state index in [9.17, 15) is 32.8 Å². The van der Waals surface area contributed by atoms with Crippen molar-refractivity contribution in [3.05, 3.63) is 106 Å². The first kappa shape index (κ1) is 49.2. The van der Waals surface area contributed by atoms with Gasteiger partial charge in [0.05, 0.1) is 33.0 Å². The predicted octanol–water partition coefficient (Wildman–Crippen LogP) is 9.26. The van der Waals surface area contributed by atoms with Crippen LogP contribution in [-0.2, 0) is 14.8 Å². The molecular formula is C52H64FN7O9S. The summed E-state index contributed by atoms with van der Waals surface area (Å²) in [6.07, 6.45) is 9.45. The maximum absolute atomic E-state index is 15.0. The number of carbonyl (C=O) groups is 1. The molecule has 4 N–H and O–H groups in total. The van der Waals surface area contributed by atoms with Crippen molar-refractivity contribution in [3.8, 4) is 17.4 Å². The lowest BCUT2D eigenvalue weighted by Crippen LogP contribution is -2.63. The number of nitrogens with zero attached hydrogens (tertiary/aromatic N) is 4. The third-order valence-corrected chi connectivity index (χ3v) is 16.5. The summed E-state index contributed by atoms with van der Waals surface area (Å²) in [4.78, 5) is 37.5. The molecule has 9 rings (SSSR count). The van der Waals surface area contributed by atoms with Crippen LogP contribution in [0.3, 0.4) is 0 Å². The Morgan fingerprint density at radius 1 is 1.00 bits per heavy atom. The molecule has 2 saturated heterocycles. The number of benzene rings is 3. The third kappa shape index (κ3) is 10.5. The van der Waals surface area contributed by atoms with E-state index in [-0.39, 0.29) is 64.2 Å². The number of halogens is 1. The molecule has 374 valence electrons. The zero-order valence-electron chi connectivity index (χ0n) is 40.3. The van der Waals surface area contributed by atoms with E-state index in [0.717, 1.165) is 69.8 Å². The van der Waals surface area contributed by atoms with E-state index < -0.39 is 42.9 Å². The number of anilines is 2. The van der Waals surface area contributed by atoms with E-state index >= 15 is 0 Å². The Kier molecular flexibility index (Phi) is 14.1. The van der Waals surface area contributed by atoms with E-state index in [2.05, 4.69) is 67.9 Å². The molecule has 2 aromatic heterocycles. The van der Waals surface area contributed by atoms with Crippen molar-refractivity contribution in [1.29, 1.82) is 0 Å². The summed E-state index contributed by atoms with van der Waals surface area (Å²) in [7, 11) is -3.17. The number of likely N-dealkylation sites (tertiary alicyclic amines) is 1. The number of nitro benzene ring substituents is 1. The van der Waals surface area contributed by atoms with Gasteiger partial charge in [-0.3, -0.25) is 19.8 Å². The molecule has 2 saturated carbocycles. The normalized spacial score (nSPS) is 22.6. The zero-order chi connectivity index (χ0) is 49.4. The van der Waals surface area contributed by atoms with Crippen LogP contribution in [0.1, 0.15) is 112 Å². The van der Waals surface area contributed by atoms with Gasteiger partial charge >= 0.3 is 0 Å². The van der Waals surface area contributed by atoms with Crippen molar-refractivity contribution in [2.75, 3.05) is 63.3 Å². The second-order valence-electron chi connectivity index (χ2n) is 20.4. The fraction of sp³-hybridized carbons (Fsp3) is 0.500. The number of methoxy groups -OCH3 is 1. The van der Waals surface area contributed by atoms with E-state index in [1.165, 1.54) is 61.8 Å². The van der Waals surface area contributed by atoms with Crippen LogP contribution in [0.4, 0.5) is 21.5 Å². The minimum Gasteiger partial charge on any atom is -0.473 e. The molecule has 4 aliphatic rings. The average Bonchev–Trinajstić information content (AvgIpc) is 3.96. The van der Waals surface area contributed by atoms with Crippen LogP contribution in [0.25, 0.3) is 11.0 Å². The summed E-state index contributed by atoms with van der Waals surface area (Å²) < 4.78 is 62.4. The molecule has 3 aromatic carbocycles. The van der Waals surface area contributed by atoms with E-state index in [0.29, 0.717) is 37.3 Å². The van der Waals surface area contributed by atoms with Crippen molar-refractivity contribution in [2.24, 2.45) is 11.3 Å². The number of H-pyrrole nitrogens is 1. The van der Waals surface area contributed by atoms with E-state index in [1.54, 1.807) is 19.1 Å². The van der Waals surface area contributed by atoms with Crippen molar-refractivity contribution >= 4 is 44.0 Å². The van der Waals surface area contributed by atoms with Crippen LogP contribution in [0.5, 0.6) is 17.4 Å². The zero-order valence-corrected chi connectivity index (χ0v) is 41.2. The predicted molar refractivity (Wildman–Crippen MR) is 265 cm³/mol. The van der Waals surface area contributed by atoms with Crippen molar-refractivity contribution in [3.63, 3.8) is 0 Å². The molecular weight excluding hydrogens is 918 g/mol. The summed E-state index contributed by atoms with van der Waals surface area (Å²) >= 11 is 0. The highest BCUT2D eigenvalue weighted by molar-refractivity contribution is 7.90. The second-order valence-corrected chi connectivity index (χ2v) is 22.1. The van der Waals surface area contributed by atoms with Gasteiger partial charge in [-0.15, -0.1) is 0 Å². The van der Waals surface area contributed by atoms with Crippen LogP contribution in [-0.4, -0.2) is 104 Å². The summed E-state index contributed by atoms with van der Waals surface area (Å²) in [6.45, 7) is 10.6. The molecule has 5 aromatic rings. The highest BCUT2D eigenvalue weighted by atomic mass is 32.2. The number of rotatable bonds is 17. The van der Waals surface area contributed by atoms with E-state index in [1.807, 2.05) is 0 Å². The first-order valence-electron chi connectivity index (χ1n) is 24.5. The number of nitro groups is 1. The Morgan fingerprint density at radius 3 is 2.49 bits per heavy atom. The van der Waals surface area contributed by atoms with E-state index in [4.69, 9.17) is 14.2 Å². The minimum atomic E-state index is -4.68. The molecule has 0 radical (unpaired) electrons. The van der Waals surface area contributed by atoms with Crippen LogP contribution in [0.2, 0.25) is 0 Å². The Morgan fingerprint density at radius 2 is 1.76 bits per heavy atom. The Bertz CT molecular complexity index is 2830. The number of ether oxygens (including phenoxy) is 3. The van der Waals surface area contributed by atoms with Gasteiger partial charge in [0.1, 0.15) is 29.5 Å². The molecule has 18 heteroatoms. The van der Waals surface area contributed by atoms with Crippen LogP contribution < -0.4 is 24.4 Å². The van der Waals surface area contributed by atoms with Crippen LogP contribution >= 0.6 is 0 Å². The average molecular weight is 982 g/mol. The maximum atomic E-state index is 15.0. The molecule has 4 heterocycles. The fourth-order valence-corrected chi connectivity index (χ4v) is 12.2. The number of carbonyl (C=O) groups excluding carboxylic acids is 1. The molecule has 2 aliphatic heterocycles. The summed E-state index contributed by atoms with van der Waals surface area (Å²) in [5.74, 6) is -0.550. The number of amides is 1. The van der Waals surface area contributed by atoms with Gasteiger partial charge in [-0.05, 0) is 117 Å². The van der Waals surface area contributed by atoms with Gasteiger partial charge in [0.15, 0.2) is 5.75 Å². The molecule has 1 spiro atoms. The summed E-state index contributed by atoms with van der Waals surface area (Å²) in [5, 5.41) is 25.8. The lowest BCUT2D eigenvalue weighted by Gasteiger charge is -2.57. The Labute approximate surface area is 408 Å². The van der Waals surface area contributed by atoms with Gasteiger partial charge in [0.2, 0.25) is 0 Å². The molecule has 2 aliphatic carbocycles. The fourth-order valence-electron chi connectivity index (χ4n) is 11.2. The summed E-state index contributed by atoms with van der Waals surface area (Å²) in [5.41, 5.74) is 2.86. The number of aromatic nitrogens is 2. The monoisotopic (exact) mass is 981 g/mol. The smallest absolute Gasteiger partial charge is 0.293 e. The Balaban J connectivity index is 0.945. The standard InChI is InChI=1S/C52H64FN7O9S/c1-33(2)37-8-5-6-9-38(37)39-10-7-11-44(39)59-31-52(32-59)20-22-58(23-21-52)35-12-14-40(46(26-35)69-47-28-41-42(53)30-55-48(41)56-50(47)68-25-24-67-4)49(61)57-70(65,66)36-13-15-43(45(27-36)60(63)64)54-29-34-16-18-51(3,62)19-17-34/h5-6,8-9,12-15,26-28,30,33-34,39,44,54,62H,7,10-11,16-25,29,31-32H2,1-4H3,(H,55,56)(H,57,61)/t34-,39-,44-,51-/m1/s1. The highest BCUT2D eigenvalue weighted by Gasteiger charge is 2.49. The van der Waals surface area contributed by atoms with Crippen LogP contribution in [0, 0.1) is 27.3 Å². The molecule has 0 unspecified atom stereocenters. The first-order valence-corrected chi connectivity index (χ1v) is 26.0. The Hall–Kier alpha value is -5.82.